The van der Waals surface area contributed by atoms with Gasteiger partial charge in [0.2, 0.25) is 0 Å². The Kier molecular flexibility index (Phi) is 10.5. The molecule has 11 heteroatoms. The van der Waals surface area contributed by atoms with E-state index in [1.54, 1.807) is 36.4 Å². The predicted molar refractivity (Wildman–Crippen MR) is 163 cm³/mol. The van der Waals surface area contributed by atoms with E-state index in [9.17, 15) is 14.4 Å². The van der Waals surface area contributed by atoms with Crippen molar-refractivity contribution >= 4 is 67.4 Å². The fourth-order valence-corrected chi connectivity index (χ4v) is 5.68. The van der Waals surface area contributed by atoms with Crippen LogP contribution in [0.15, 0.2) is 69.1 Å². The van der Waals surface area contributed by atoms with Crippen LogP contribution >= 0.6 is 43.5 Å². The summed E-state index contributed by atoms with van der Waals surface area (Å²) in [7, 11) is 0. The van der Waals surface area contributed by atoms with Gasteiger partial charge < -0.3 is 14.2 Å². The maximum absolute atomic E-state index is 13.4. The summed E-state index contributed by atoms with van der Waals surface area (Å²) in [6.07, 6.45) is 2.27. The third kappa shape index (κ3) is 7.69. The Bertz CT molecular complexity index is 1490. The van der Waals surface area contributed by atoms with Gasteiger partial charge in [-0.25, -0.2) is 4.79 Å². The quantitative estimate of drug-likeness (QED) is 0.166. The molecule has 41 heavy (non-hydrogen) atoms. The molecule has 1 heterocycles. The largest absolute Gasteiger partial charge is 0.490 e. The number of hydrogen-bond donors (Lipinski definition) is 1. The minimum Gasteiger partial charge on any atom is -0.490 e. The number of hydrogen-bond acceptors (Lipinski definition) is 6. The van der Waals surface area contributed by atoms with Crippen LogP contribution in [0.5, 0.6) is 17.2 Å². The number of imide groups is 2. The molecule has 0 spiro atoms. The Balaban J connectivity index is 1.54. The number of barbiturate groups is 1. The number of nitrogens with zero attached hydrogens (tertiary/aromatic N) is 1. The van der Waals surface area contributed by atoms with Crippen LogP contribution in [0.25, 0.3) is 6.08 Å². The van der Waals surface area contributed by atoms with Crippen molar-refractivity contribution in [3.63, 3.8) is 0 Å². The molecule has 1 saturated heterocycles. The molecule has 4 rings (SSSR count). The topological polar surface area (TPSA) is 94.2 Å². The minimum atomic E-state index is -0.798. The molecule has 1 aliphatic rings. The molecule has 1 aliphatic heterocycles. The van der Waals surface area contributed by atoms with Crippen molar-refractivity contribution in [1.82, 2.24) is 10.2 Å². The van der Waals surface area contributed by atoms with Crippen LogP contribution in [-0.4, -0.2) is 36.0 Å². The molecule has 214 valence electrons. The van der Waals surface area contributed by atoms with E-state index < -0.39 is 17.8 Å². The van der Waals surface area contributed by atoms with Gasteiger partial charge in [0.25, 0.3) is 11.8 Å². The van der Waals surface area contributed by atoms with Crippen molar-refractivity contribution in [2.24, 2.45) is 0 Å². The minimum absolute atomic E-state index is 0.0624. The number of halogens is 3. The number of nitrogens with one attached hydrogen (secondary N) is 1. The average molecular weight is 707 g/mol. The van der Waals surface area contributed by atoms with Crippen LogP contribution in [0.2, 0.25) is 5.02 Å². The van der Waals surface area contributed by atoms with Crippen LogP contribution in [0.4, 0.5) is 4.79 Å². The molecular weight excluding hydrogens is 680 g/mol. The van der Waals surface area contributed by atoms with Gasteiger partial charge in [0.1, 0.15) is 17.9 Å². The van der Waals surface area contributed by atoms with E-state index in [1.807, 2.05) is 32.0 Å². The summed E-state index contributed by atoms with van der Waals surface area (Å²) in [6.45, 7) is 5.04. The van der Waals surface area contributed by atoms with Crippen molar-refractivity contribution in [2.75, 3.05) is 13.2 Å². The van der Waals surface area contributed by atoms with Gasteiger partial charge in [-0.1, -0.05) is 36.7 Å². The molecule has 3 aromatic carbocycles. The molecule has 0 saturated carbocycles. The Labute approximate surface area is 259 Å². The Morgan fingerprint density at radius 2 is 1.66 bits per heavy atom. The number of amides is 4. The van der Waals surface area contributed by atoms with Crippen LogP contribution in [-0.2, 0) is 22.7 Å². The second-order valence-corrected chi connectivity index (χ2v) is 11.1. The normalized spacial score (nSPS) is 14.3. The van der Waals surface area contributed by atoms with E-state index in [1.165, 1.54) is 6.08 Å². The zero-order valence-electron chi connectivity index (χ0n) is 22.3. The van der Waals surface area contributed by atoms with Crippen LogP contribution in [0.1, 0.15) is 37.0 Å². The molecule has 0 atom stereocenters. The maximum atomic E-state index is 13.4. The first-order chi connectivity index (χ1) is 19.7. The summed E-state index contributed by atoms with van der Waals surface area (Å²) in [6, 6.07) is 15.2. The maximum Gasteiger partial charge on any atom is 0.331 e. The first kappa shape index (κ1) is 30.6. The van der Waals surface area contributed by atoms with Crippen molar-refractivity contribution in [3.05, 3.63) is 90.8 Å². The fraction of sp³-hybridized carbons (Fsp3) is 0.233. The van der Waals surface area contributed by atoms with Gasteiger partial charge in [-0.05, 0) is 104 Å². The van der Waals surface area contributed by atoms with E-state index in [0.29, 0.717) is 55.6 Å². The second kappa shape index (κ2) is 14.0. The van der Waals surface area contributed by atoms with Crippen molar-refractivity contribution in [3.8, 4) is 17.2 Å². The zero-order valence-corrected chi connectivity index (χ0v) is 26.3. The van der Waals surface area contributed by atoms with Crippen molar-refractivity contribution in [2.45, 2.75) is 33.4 Å². The van der Waals surface area contributed by atoms with Crippen LogP contribution in [0, 0.1) is 0 Å². The van der Waals surface area contributed by atoms with Gasteiger partial charge in [0.05, 0.1) is 28.7 Å². The Morgan fingerprint density at radius 3 is 2.34 bits per heavy atom. The highest BCUT2D eigenvalue weighted by Crippen LogP contribution is 2.36. The summed E-state index contributed by atoms with van der Waals surface area (Å²) in [5.74, 6) is 0.153. The van der Waals surface area contributed by atoms with Gasteiger partial charge in [-0.3, -0.25) is 19.8 Å². The monoisotopic (exact) mass is 704 g/mol. The summed E-state index contributed by atoms with van der Waals surface area (Å²) >= 11 is 13.1. The molecule has 1 N–H and O–H groups in total. The Hall–Kier alpha value is -3.34. The standard InChI is InChI=1S/C30H27Br2ClN2O6/c1-3-10-40-25-9-8-18(15-26(25)39-4-2)16-35-29(37)22(28(36)34-30(35)38)12-20-13-23(31)27(24(32)14-20)41-17-19-6-5-7-21(33)11-19/h5-9,11-15H,3-4,10,16-17H2,1-2H3,(H,34,36,38)/b22-12+. The molecule has 1 fully saturated rings. The van der Waals surface area contributed by atoms with Gasteiger partial charge in [-0.2, -0.15) is 0 Å². The molecule has 3 aromatic rings. The third-order valence-electron chi connectivity index (χ3n) is 5.90. The SMILES string of the molecule is CCCOc1ccc(CN2C(=O)NC(=O)/C(=C\c3cc(Br)c(OCc4cccc(Cl)c4)c(Br)c3)C2=O)cc1OCC. The van der Waals surface area contributed by atoms with Crippen molar-refractivity contribution < 1.29 is 28.6 Å². The summed E-state index contributed by atoms with van der Waals surface area (Å²) in [4.78, 5) is 39.7. The Morgan fingerprint density at radius 1 is 0.902 bits per heavy atom. The van der Waals surface area contributed by atoms with Gasteiger partial charge in [0, 0.05) is 5.02 Å². The van der Waals surface area contributed by atoms with E-state index in [2.05, 4.69) is 37.2 Å². The molecule has 0 unspecified atom stereocenters. The highest BCUT2D eigenvalue weighted by molar-refractivity contribution is 9.11. The number of carbonyl (C=O) groups is 3. The fourth-order valence-electron chi connectivity index (χ4n) is 4.02. The highest BCUT2D eigenvalue weighted by Gasteiger charge is 2.36. The lowest BCUT2D eigenvalue weighted by Gasteiger charge is -2.26. The number of urea groups is 1. The summed E-state index contributed by atoms with van der Waals surface area (Å²) in [5, 5.41) is 2.87. The van der Waals surface area contributed by atoms with Crippen LogP contribution in [0.3, 0.4) is 0 Å². The smallest absolute Gasteiger partial charge is 0.331 e. The third-order valence-corrected chi connectivity index (χ3v) is 7.31. The van der Waals surface area contributed by atoms with E-state index in [4.69, 9.17) is 25.8 Å². The van der Waals surface area contributed by atoms with Gasteiger partial charge in [0.15, 0.2) is 11.5 Å². The first-order valence-electron chi connectivity index (χ1n) is 12.8. The second-order valence-electron chi connectivity index (χ2n) is 9.00. The molecule has 0 aromatic heterocycles. The molecule has 0 bridgehead atoms. The number of benzene rings is 3. The average Bonchev–Trinajstić information content (AvgIpc) is 2.92. The lowest BCUT2D eigenvalue weighted by molar-refractivity contribution is -0.130. The molecule has 0 radical (unpaired) electrons. The predicted octanol–water partition coefficient (Wildman–Crippen LogP) is 7.29. The number of carbonyl (C=O) groups excluding carboxylic acids is 3. The van der Waals surface area contributed by atoms with E-state index in [-0.39, 0.29) is 18.7 Å². The molecule has 4 amide bonds. The van der Waals surface area contributed by atoms with E-state index in [0.717, 1.165) is 16.9 Å². The number of rotatable bonds is 11. The summed E-state index contributed by atoms with van der Waals surface area (Å²) in [5.41, 5.74) is 1.90. The van der Waals surface area contributed by atoms with E-state index >= 15 is 0 Å². The molecular formula is C30H27Br2ClN2O6. The van der Waals surface area contributed by atoms with Gasteiger partial charge in [-0.15, -0.1) is 0 Å². The first-order valence-corrected chi connectivity index (χ1v) is 14.8. The summed E-state index contributed by atoms with van der Waals surface area (Å²) < 4.78 is 18.6. The molecule has 8 nitrogen and oxygen atoms in total. The molecule has 0 aliphatic carbocycles. The van der Waals surface area contributed by atoms with Gasteiger partial charge >= 0.3 is 6.03 Å². The lowest BCUT2D eigenvalue weighted by atomic mass is 10.1. The highest BCUT2D eigenvalue weighted by atomic mass is 79.9. The zero-order chi connectivity index (χ0) is 29.5. The lowest BCUT2D eigenvalue weighted by Crippen LogP contribution is -2.53. The number of ether oxygens (including phenoxy) is 3. The van der Waals surface area contributed by atoms with Crippen molar-refractivity contribution in [1.29, 1.82) is 0 Å². The van der Waals surface area contributed by atoms with Crippen LogP contribution < -0.4 is 19.5 Å².